The van der Waals surface area contributed by atoms with Gasteiger partial charge in [-0.3, -0.25) is 4.99 Å². The summed E-state index contributed by atoms with van der Waals surface area (Å²) in [6.07, 6.45) is 4.54. The lowest BCUT2D eigenvalue weighted by atomic mass is 9.85. The zero-order valence-corrected chi connectivity index (χ0v) is 26.6. The zero-order valence-electron chi connectivity index (χ0n) is 25.8. The molecule has 8 aromatic rings. The molecule has 3 heterocycles. The van der Waals surface area contributed by atoms with Crippen LogP contribution < -0.4 is 0 Å². The molecule has 0 radical (unpaired) electrons. The normalized spacial score (nSPS) is 17.8. The van der Waals surface area contributed by atoms with Crippen molar-refractivity contribution in [2.24, 2.45) is 4.99 Å². The molecule has 2 unspecified atom stereocenters. The van der Waals surface area contributed by atoms with Gasteiger partial charge >= 0.3 is 0 Å². The number of thioether (sulfide) groups is 1. The number of nitrogens with zero attached hydrogens (tertiary/aromatic N) is 3. The van der Waals surface area contributed by atoms with Crippen molar-refractivity contribution >= 4 is 60.4 Å². The van der Waals surface area contributed by atoms with E-state index in [1.165, 1.54) is 71.0 Å². The molecule has 4 heteroatoms. The van der Waals surface area contributed by atoms with E-state index in [4.69, 9.17) is 4.99 Å². The van der Waals surface area contributed by atoms with Crippen LogP contribution in [0.5, 0.6) is 0 Å². The number of aliphatic imine (C=N–C) groups is 1. The van der Waals surface area contributed by atoms with Gasteiger partial charge in [-0.25, -0.2) is 0 Å². The van der Waals surface area contributed by atoms with E-state index in [1.54, 1.807) is 0 Å². The Morgan fingerprint density at radius 2 is 1.13 bits per heavy atom. The van der Waals surface area contributed by atoms with Gasteiger partial charge in [-0.1, -0.05) is 115 Å². The van der Waals surface area contributed by atoms with Crippen LogP contribution in [0.3, 0.4) is 0 Å². The Morgan fingerprint density at radius 1 is 0.532 bits per heavy atom. The van der Waals surface area contributed by atoms with Crippen LogP contribution in [0.4, 0.5) is 0 Å². The predicted octanol–water partition coefficient (Wildman–Crippen LogP) is 11.2. The third kappa shape index (κ3) is 4.25. The topological polar surface area (TPSA) is 22.2 Å². The van der Waals surface area contributed by atoms with Crippen molar-refractivity contribution < 1.29 is 0 Å². The van der Waals surface area contributed by atoms with Gasteiger partial charge in [-0.05, 0) is 72.9 Å². The van der Waals surface area contributed by atoms with Crippen LogP contribution in [0, 0.1) is 0 Å². The van der Waals surface area contributed by atoms with Gasteiger partial charge in [0.25, 0.3) is 0 Å². The molecule has 224 valence electrons. The monoisotopic (exact) mass is 621 g/mol. The van der Waals surface area contributed by atoms with Gasteiger partial charge in [-0.15, -0.1) is 0 Å². The Kier molecular flexibility index (Phi) is 6.06. The maximum atomic E-state index is 5.19. The summed E-state index contributed by atoms with van der Waals surface area (Å²) in [7, 11) is 0. The standard InChI is InChI=1S/C43H31N3S/c1-3-12-28(13-4-1)43-44-37-25-30(22-23-42(37)47-43)29-14-11-17-32(24-29)46-39-21-10-8-19-34(39)36-26-40-35(27-41(36)46)33-18-7-9-20-38(33)45(40)31-15-5-2-6-16-31/h1-21,23-24,26-27,30,37H,22,25H2. The van der Waals surface area contributed by atoms with Crippen LogP contribution in [-0.2, 0) is 0 Å². The summed E-state index contributed by atoms with van der Waals surface area (Å²) >= 11 is 1.86. The average Bonchev–Trinajstić information content (AvgIpc) is 3.81. The fourth-order valence-electron chi connectivity index (χ4n) is 7.85. The lowest BCUT2D eigenvalue weighted by Gasteiger charge is -2.24. The Bertz CT molecular complexity index is 2550. The first-order valence-electron chi connectivity index (χ1n) is 16.4. The minimum atomic E-state index is 0.251. The van der Waals surface area contributed by atoms with Crippen molar-refractivity contribution in [1.82, 2.24) is 9.13 Å². The third-order valence-electron chi connectivity index (χ3n) is 10.0. The second-order valence-electron chi connectivity index (χ2n) is 12.7. The number of hydrogen-bond acceptors (Lipinski definition) is 2. The van der Waals surface area contributed by atoms with Crippen molar-refractivity contribution in [3.63, 3.8) is 0 Å². The quantitative estimate of drug-likeness (QED) is 0.192. The summed E-state index contributed by atoms with van der Waals surface area (Å²) in [5.41, 5.74) is 9.93. The number of rotatable bonds is 4. The van der Waals surface area contributed by atoms with Crippen molar-refractivity contribution in [2.75, 3.05) is 0 Å². The summed E-state index contributed by atoms with van der Waals surface area (Å²) in [6.45, 7) is 0. The molecule has 2 aromatic heterocycles. The van der Waals surface area contributed by atoms with Gasteiger partial charge in [0, 0.05) is 43.4 Å². The maximum absolute atomic E-state index is 5.19. The molecular formula is C43H31N3S. The van der Waals surface area contributed by atoms with Crippen LogP contribution in [0.2, 0.25) is 0 Å². The SMILES string of the molecule is C1=C2SC(c3ccccc3)=NC2CC(c2cccc(-n3c4ccccc4c4cc5c(cc43)c3ccccc3n5-c3ccccc3)c2)C1. The minimum Gasteiger partial charge on any atom is -0.309 e. The first kappa shape index (κ1) is 26.9. The molecule has 0 spiro atoms. The Morgan fingerprint density at radius 3 is 1.83 bits per heavy atom. The minimum absolute atomic E-state index is 0.251. The van der Waals surface area contributed by atoms with E-state index in [1.807, 2.05) is 11.8 Å². The molecule has 0 fully saturated rings. The summed E-state index contributed by atoms with van der Waals surface area (Å²) in [6, 6.07) is 53.3. The molecule has 47 heavy (non-hydrogen) atoms. The summed E-state index contributed by atoms with van der Waals surface area (Å²) in [5.74, 6) is 0.437. The van der Waals surface area contributed by atoms with Gasteiger partial charge in [0.1, 0.15) is 5.04 Å². The predicted molar refractivity (Wildman–Crippen MR) is 200 cm³/mol. The van der Waals surface area contributed by atoms with Crippen molar-refractivity contribution in [2.45, 2.75) is 24.8 Å². The van der Waals surface area contributed by atoms with Crippen molar-refractivity contribution in [1.29, 1.82) is 0 Å². The highest BCUT2D eigenvalue weighted by Crippen LogP contribution is 2.45. The molecule has 0 amide bonds. The second kappa shape index (κ2) is 10.6. The van der Waals surface area contributed by atoms with Gasteiger partial charge in [0.15, 0.2) is 0 Å². The highest BCUT2D eigenvalue weighted by Gasteiger charge is 2.31. The molecule has 1 aliphatic carbocycles. The van der Waals surface area contributed by atoms with Gasteiger partial charge in [0.2, 0.25) is 0 Å². The molecule has 0 N–H and O–H groups in total. The van der Waals surface area contributed by atoms with Crippen LogP contribution in [0.15, 0.2) is 162 Å². The fraction of sp³-hybridized carbons (Fsp3) is 0.0930. The number of fused-ring (bicyclic) bond motifs is 7. The molecule has 6 aromatic carbocycles. The molecule has 2 aliphatic rings. The van der Waals surface area contributed by atoms with Gasteiger partial charge < -0.3 is 9.13 Å². The molecule has 0 bridgehead atoms. The van der Waals surface area contributed by atoms with E-state index >= 15 is 0 Å². The molecule has 1 aliphatic heterocycles. The van der Waals surface area contributed by atoms with Crippen LogP contribution in [-0.4, -0.2) is 20.2 Å². The van der Waals surface area contributed by atoms with Gasteiger partial charge in [0.05, 0.1) is 28.1 Å². The summed E-state index contributed by atoms with van der Waals surface area (Å²) < 4.78 is 4.89. The van der Waals surface area contributed by atoms with E-state index in [2.05, 4.69) is 161 Å². The van der Waals surface area contributed by atoms with Crippen molar-refractivity contribution in [3.05, 3.63) is 168 Å². The zero-order chi connectivity index (χ0) is 30.9. The lowest BCUT2D eigenvalue weighted by molar-refractivity contribution is 0.561. The van der Waals surface area contributed by atoms with E-state index < -0.39 is 0 Å². The maximum Gasteiger partial charge on any atom is 0.103 e. The largest absolute Gasteiger partial charge is 0.309 e. The Hall–Kier alpha value is -5.32. The summed E-state index contributed by atoms with van der Waals surface area (Å²) in [4.78, 5) is 6.61. The lowest BCUT2D eigenvalue weighted by Crippen LogP contribution is -2.14. The smallest absolute Gasteiger partial charge is 0.103 e. The molecular weight excluding hydrogens is 591 g/mol. The first-order chi connectivity index (χ1) is 23.3. The molecule has 3 nitrogen and oxygen atoms in total. The second-order valence-corrected chi connectivity index (χ2v) is 13.8. The molecule has 0 saturated carbocycles. The number of aromatic nitrogens is 2. The number of hydrogen-bond donors (Lipinski definition) is 0. The van der Waals surface area contributed by atoms with E-state index in [0.29, 0.717) is 5.92 Å². The fourth-order valence-corrected chi connectivity index (χ4v) is 8.97. The highest BCUT2D eigenvalue weighted by molar-refractivity contribution is 8.18. The average molecular weight is 622 g/mol. The van der Waals surface area contributed by atoms with Crippen LogP contribution >= 0.6 is 11.8 Å². The van der Waals surface area contributed by atoms with E-state index in [9.17, 15) is 0 Å². The Balaban J connectivity index is 1.12. The highest BCUT2D eigenvalue weighted by atomic mass is 32.2. The molecule has 10 rings (SSSR count). The number of allylic oxidation sites excluding steroid dienone is 1. The van der Waals surface area contributed by atoms with Crippen LogP contribution in [0.25, 0.3) is 55.0 Å². The summed E-state index contributed by atoms with van der Waals surface area (Å²) in [5, 5.41) is 6.24. The van der Waals surface area contributed by atoms with Crippen molar-refractivity contribution in [3.8, 4) is 11.4 Å². The van der Waals surface area contributed by atoms with E-state index in [-0.39, 0.29) is 6.04 Å². The molecule has 0 saturated heterocycles. The number of benzene rings is 6. The third-order valence-corrected chi connectivity index (χ3v) is 11.2. The first-order valence-corrected chi connectivity index (χ1v) is 17.2. The van der Waals surface area contributed by atoms with Gasteiger partial charge in [-0.2, -0.15) is 0 Å². The van der Waals surface area contributed by atoms with Crippen LogP contribution in [0.1, 0.15) is 29.9 Å². The Labute approximate surface area is 277 Å². The number of para-hydroxylation sites is 3. The molecule has 2 atom stereocenters. The van der Waals surface area contributed by atoms with E-state index in [0.717, 1.165) is 17.9 Å².